The Morgan fingerprint density at radius 1 is 1.56 bits per heavy atom. The van der Waals surface area contributed by atoms with Crippen LogP contribution in [-0.2, 0) is 9.05 Å². The molecule has 0 N–H and O–H groups in total. The molecule has 0 aromatic heterocycles. The van der Waals surface area contributed by atoms with Gasteiger partial charge in [-0.05, 0) is 18.2 Å². The van der Waals surface area contributed by atoms with Crippen molar-refractivity contribution < 1.29 is 17.5 Å². The highest BCUT2D eigenvalue weighted by molar-refractivity contribution is 9.11. The van der Waals surface area contributed by atoms with E-state index in [0.717, 1.165) is 12.1 Å². The molecule has 16 heavy (non-hydrogen) atoms. The summed E-state index contributed by atoms with van der Waals surface area (Å²) in [6, 6.07) is 3.08. The molecule has 0 saturated carbocycles. The molecular formula is C9H7BrClFO3S. The van der Waals surface area contributed by atoms with Crippen LogP contribution in [0.5, 0.6) is 5.75 Å². The summed E-state index contributed by atoms with van der Waals surface area (Å²) in [5, 5.41) is 0. The summed E-state index contributed by atoms with van der Waals surface area (Å²) in [6.45, 7) is 3.58. The second kappa shape index (κ2) is 5.16. The van der Waals surface area contributed by atoms with Crippen molar-refractivity contribution in [2.24, 2.45) is 0 Å². The van der Waals surface area contributed by atoms with Crippen LogP contribution in [0.2, 0.25) is 0 Å². The molecule has 3 nitrogen and oxygen atoms in total. The van der Waals surface area contributed by atoms with Gasteiger partial charge in [0, 0.05) is 15.2 Å². The first kappa shape index (κ1) is 13.5. The molecule has 1 aromatic rings. The molecule has 88 valence electrons. The van der Waals surface area contributed by atoms with E-state index in [0.29, 0.717) is 4.48 Å². The Balaban J connectivity index is 3.13. The first-order chi connectivity index (χ1) is 7.30. The maximum absolute atomic E-state index is 12.9. The van der Waals surface area contributed by atoms with Crippen molar-refractivity contribution in [3.8, 4) is 5.75 Å². The summed E-state index contributed by atoms with van der Waals surface area (Å²) in [7, 11) is 1.10. The predicted octanol–water partition coefficient (Wildman–Crippen LogP) is 3.04. The minimum absolute atomic E-state index is 0.0167. The molecule has 0 aliphatic heterocycles. The summed E-state index contributed by atoms with van der Waals surface area (Å²) in [4.78, 5) is -0.400. The van der Waals surface area contributed by atoms with Gasteiger partial charge in [-0.3, -0.25) is 0 Å². The number of hydrogen-bond donors (Lipinski definition) is 0. The van der Waals surface area contributed by atoms with Crippen LogP contribution in [0.25, 0.3) is 0 Å². The molecule has 0 aliphatic rings. The third kappa shape index (κ3) is 3.77. The van der Waals surface area contributed by atoms with Gasteiger partial charge in [-0.1, -0.05) is 22.5 Å². The first-order valence-electron chi connectivity index (χ1n) is 4.01. The van der Waals surface area contributed by atoms with Crippen LogP contribution in [0.15, 0.2) is 34.2 Å². The second-order valence-corrected chi connectivity index (χ2v) is 6.49. The van der Waals surface area contributed by atoms with Crippen molar-refractivity contribution in [1.29, 1.82) is 0 Å². The SMILES string of the molecule is C=C(Br)COc1ccc(F)cc1S(=O)(=O)Cl. The Morgan fingerprint density at radius 3 is 2.69 bits per heavy atom. The molecule has 0 atom stereocenters. The smallest absolute Gasteiger partial charge is 0.265 e. The van der Waals surface area contributed by atoms with E-state index in [1.54, 1.807) is 0 Å². The second-order valence-electron chi connectivity index (χ2n) is 2.83. The van der Waals surface area contributed by atoms with Crippen molar-refractivity contribution >= 4 is 35.7 Å². The molecule has 0 amide bonds. The van der Waals surface area contributed by atoms with E-state index in [9.17, 15) is 12.8 Å². The first-order valence-corrected chi connectivity index (χ1v) is 7.11. The predicted molar refractivity (Wildman–Crippen MR) is 63.0 cm³/mol. The topological polar surface area (TPSA) is 43.4 Å². The average molecular weight is 330 g/mol. The molecule has 0 heterocycles. The van der Waals surface area contributed by atoms with Gasteiger partial charge in [0.15, 0.2) is 0 Å². The third-order valence-corrected chi connectivity index (χ3v) is 3.12. The quantitative estimate of drug-likeness (QED) is 0.798. The standard InChI is InChI=1S/C9H7BrClFO3S/c1-6(10)5-15-8-3-2-7(12)4-9(8)16(11,13)14/h2-4H,1,5H2. The van der Waals surface area contributed by atoms with Gasteiger partial charge in [-0.2, -0.15) is 0 Å². The average Bonchev–Trinajstić information content (AvgIpc) is 2.14. The number of halogens is 3. The van der Waals surface area contributed by atoms with Gasteiger partial charge in [0.2, 0.25) is 0 Å². The Hall–Kier alpha value is -0.590. The lowest BCUT2D eigenvalue weighted by atomic mass is 10.3. The van der Waals surface area contributed by atoms with E-state index in [1.807, 2.05) is 0 Å². The lowest BCUT2D eigenvalue weighted by Crippen LogP contribution is -2.02. The molecule has 0 bridgehead atoms. The monoisotopic (exact) mass is 328 g/mol. The maximum atomic E-state index is 12.9. The van der Waals surface area contributed by atoms with Gasteiger partial charge in [0.25, 0.3) is 9.05 Å². The number of rotatable bonds is 4. The molecule has 0 spiro atoms. The van der Waals surface area contributed by atoms with Crippen LogP contribution in [0.1, 0.15) is 0 Å². The van der Waals surface area contributed by atoms with E-state index in [4.69, 9.17) is 15.4 Å². The Kier molecular flexibility index (Phi) is 4.35. The van der Waals surface area contributed by atoms with Crippen molar-refractivity contribution in [2.45, 2.75) is 4.90 Å². The van der Waals surface area contributed by atoms with Gasteiger partial charge in [0.1, 0.15) is 23.1 Å². The fourth-order valence-electron chi connectivity index (χ4n) is 0.948. The fourth-order valence-corrected chi connectivity index (χ4v) is 2.04. The zero-order valence-electron chi connectivity index (χ0n) is 7.91. The third-order valence-electron chi connectivity index (χ3n) is 1.55. The highest BCUT2D eigenvalue weighted by atomic mass is 79.9. The highest BCUT2D eigenvalue weighted by Gasteiger charge is 2.18. The van der Waals surface area contributed by atoms with Gasteiger partial charge >= 0.3 is 0 Å². The summed E-state index contributed by atoms with van der Waals surface area (Å²) in [6.07, 6.45) is 0. The van der Waals surface area contributed by atoms with Crippen molar-refractivity contribution in [3.05, 3.63) is 35.1 Å². The van der Waals surface area contributed by atoms with Gasteiger partial charge in [-0.25, -0.2) is 12.8 Å². The zero-order chi connectivity index (χ0) is 12.3. The maximum Gasteiger partial charge on any atom is 0.265 e. The molecule has 1 aromatic carbocycles. The molecular weight excluding hydrogens is 323 g/mol. The Bertz CT molecular complexity index is 515. The summed E-state index contributed by atoms with van der Waals surface area (Å²) in [5.74, 6) is -0.721. The van der Waals surface area contributed by atoms with Crippen LogP contribution in [0, 0.1) is 5.82 Å². The summed E-state index contributed by atoms with van der Waals surface area (Å²) in [5.41, 5.74) is 0. The molecule has 0 radical (unpaired) electrons. The Morgan fingerprint density at radius 2 is 2.19 bits per heavy atom. The molecule has 0 aliphatic carbocycles. The normalized spacial score (nSPS) is 11.2. The highest BCUT2D eigenvalue weighted by Crippen LogP contribution is 2.28. The van der Waals surface area contributed by atoms with E-state index < -0.39 is 19.8 Å². The molecule has 7 heteroatoms. The fraction of sp³-hybridized carbons (Fsp3) is 0.111. The van der Waals surface area contributed by atoms with Gasteiger partial charge < -0.3 is 4.74 Å². The van der Waals surface area contributed by atoms with Crippen LogP contribution < -0.4 is 4.74 Å². The van der Waals surface area contributed by atoms with Crippen LogP contribution in [0.4, 0.5) is 4.39 Å². The number of ether oxygens (including phenoxy) is 1. The Labute approximate surface area is 105 Å². The molecule has 0 saturated heterocycles. The van der Waals surface area contributed by atoms with Crippen molar-refractivity contribution in [3.63, 3.8) is 0 Å². The van der Waals surface area contributed by atoms with E-state index in [2.05, 4.69) is 22.5 Å². The molecule has 0 fully saturated rings. The van der Waals surface area contributed by atoms with Crippen LogP contribution in [0.3, 0.4) is 0 Å². The van der Waals surface area contributed by atoms with Gasteiger partial charge in [-0.15, -0.1) is 0 Å². The molecule has 1 rings (SSSR count). The summed E-state index contributed by atoms with van der Waals surface area (Å²) >= 11 is 3.05. The number of benzene rings is 1. The minimum atomic E-state index is -4.04. The van der Waals surface area contributed by atoms with E-state index >= 15 is 0 Å². The van der Waals surface area contributed by atoms with Crippen molar-refractivity contribution in [1.82, 2.24) is 0 Å². The minimum Gasteiger partial charge on any atom is -0.487 e. The van der Waals surface area contributed by atoms with E-state index in [1.165, 1.54) is 6.07 Å². The van der Waals surface area contributed by atoms with Gasteiger partial charge in [0.05, 0.1) is 0 Å². The van der Waals surface area contributed by atoms with Crippen molar-refractivity contribution in [2.75, 3.05) is 6.61 Å². The zero-order valence-corrected chi connectivity index (χ0v) is 11.1. The molecule has 0 unspecified atom stereocenters. The largest absolute Gasteiger partial charge is 0.487 e. The number of hydrogen-bond acceptors (Lipinski definition) is 3. The van der Waals surface area contributed by atoms with Crippen LogP contribution >= 0.6 is 26.6 Å². The lowest BCUT2D eigenvalue weighted by molar-refractivity contribution is 0.350. The van der Waals surface area contributed by atoms with E-state index in [-0.39, 0.29) is 12.4 Å². The summed E-state index contributed by atoms with van der Waals surface area (Å²) < 4.78 is 40.8. The lowest BCUT2D eigenvalue weighted by Gasteiger charge is -2.08. The van der Waals surface area contributed by atoms with Crippen LogP contribution in [-0.4, -0.2) is 15.0 Å².